The van der Waals surface area contributed by atoms with Crippen molar-refractivity contribution < 1.29 is 9.53 Å². The maximum absolute atomic E-state index is 13.1. The molecule has 1 aliphatic rings. The van der Waals surface area contributed by atoms with Crippen molar-refractivity contribution >= 4 is 5.91 Å². The van der Waals surface area contributed by atoms with Gasteiger partial charge in [-0.25, -0.2) is 4.68 Å². The second kappa shape index (κ2) is 8.75. The minimum atomic E-state index is 0.106. The molecule has 1 aliphatic heterocycles. The lowest BCUT2D eigenvalue weighted by atomic mass is 10.1. The molecule has 144 valence electrons. The molecule has 7 heteroatoms. The standard InChI is InChI=1S/C21H23N5O2/c27-21(13-17-8-10-19(11-9-17)26-16-22-23-24-26)25(15-20-7-4-12-28-20)14-18-5-2-1-3-6-18/h1-3,5-6,8-11,16,20H,4,7,12-15H2. The number of ether oxygens (including phenoxy) is 1. The molecule has 0 aliphatic carbocycles. The van der Waals surface area contributed by atoms with Crippen molar-refractivity contribution in [3.05, 3.63) is 72.1 Å². The first-order valence-electron chi connectivity index (χ1n) is 9.53. The Hall–Kier alpha value is -3.06. The van der Waals surface area contributed by atoms with Crippen LogP contribution in [0, 0.1) is 0 Å². The summed E-state index contributed by atoms with van der Waals surface area (Å²) in [6.45, 7) is 2.02. The molecule has 0 spiro atoms. The average molecular weight is 377 g/mol. The molecule has 0 radical (unpaired) electrons. The van der Waals surface area contributed by atoms with Crippen molar-refractivity contribution in [2.45, 2.75) is 31.9 Å². The van der Waals surface area contributed by atoms with Gasteiger partial charge in [0.25, 0.3) is 0 Å². The van der Waals surface area contributed by atoms with Gasteiger partial charge in [-0.15, -0.1) is 5.10 Å². The van der Waals surface area contributed by atoms with Gasteiger partial charge in [0.2, 0.25) is 5.91 Å². The van der Waals surface area contributed by atoms with Gasteiger partial charge in [-0.3, -0.25) is 4.79 Å². The second-order valence-electron chi connectivity index (χ2n) is 6.99. The number of tetrazole rings is 1. The van der Waals surface area contributed by atoms with Gasteiger partial charge >= 0.3 is 0 Å². The summed E-state index contributed by atoms with van der Waals surface area (Å²) in [5, 5.41) is 11.2. The SMILES string of the molecule is O=C(Cc1ccc(-n2cnnn2)cc1)N(Cc1ccccc1)CC1CCCO1. The van der Waals surface area contributed by atoms with E-state index in [0.29, 0.717) is 19.5 Å². The van der Waals surface area contributed by atoms with Gasteiger partial charge < -0.3 is 9.64 Å². The Morgan fingerprint density at radius 3 is 2.61 bits per heavy atom. The van der Waals surface area contributed by atoms with E-state index in [0.717, 1.165) is 36.3 Å². The zero-order valence-corrected chi connectivity index (χ0v) is 15.6. The number of carbonyl (C=O) groups is 1. The van der Waals surface area contributed by atoms with E-state index in [1.165, 1.54) is 0 Å². The molecule has 28 heavy (non-hydrogen) atoms. The molecular formula is C21H23N5O2. The predicted molar refractivity (Wildman–Crippen MR) is 104 cm³/mol. The Morgan fingerprint density at radius 2 is 1.93 bits per heavy atom. The summed E-state index contributed by atoms with van der Waals surface area (Å²) in [5.74, 6) is 0.106. The van der Waals surface area contributed by atoms with Crippen LogP contribution in [-0.4, -0.2) is 50.3 Å². The van der Waals surface area contributed by atoms with Crippen LogP contribution >= 0.6 is 0 Å². The van der Waals surface area contributed by atoms with E-state index < -0.39 is 0 Å². The molecule has 0 N–H and O–H groups in total. The number of nitrogens with zero attached hydrogens (tertiary/aromatic N) is 5. The average Bonchev–Trinajstić information content (AvgIpc) is 3.43. The van der Waals surface area contributed by atoms with Gasteiger partial charge in [0.1, 0.15) is 6.33 Å². The molecule has 1 amide bonds. The van der Waals surface area contributed by atoms with Gasteiger partial charge in [0, 0.05) is 19.7 Å². The smallest absolute Gasteiger partial charge is 0.227 e. The third-order valence-electron chi connectivity index (χ3n) is 4.92. The van der Waals surface area contributed by atoms with Crippen LogP contribution < -0.4 is 0 Å². The van der Waals surface area contributed by atoms with Crippen LogP contribution in [0.3, 0.4) is 0 Å². The summed E-state index contributed by atoms with van der Waals surface area (Å²) in [5.41, 5.74) is 2.96. The van der Waals surface area contributed by atoms with Crippen molar-refractivity contribution in [1.29, 1.82) is 0 Å². The third kappa shape index (κ3) is 4.61. The van der Waals surface area contributed by atoms with E-state index in [1.807, 2.05) is 47.4 Å². The van der Waals surface area contributed by atoms with E-state index in [-0.39, 0.29) is 12.0 Å². The van der Waals surface area contributed by atoms with Crippen LogP contribution in [0.1, 0.15) is 24.0 Å². The van der Waals surface area contributed by atoms with E-state index in [4.69, 9.17) is 4.74 Å². The number of aromatic nitrogens is 4. The molecular weight excluding hydrogens is 354 g/mol. The topological polar surface area (TPSA) is 73.1 Å². The summed E-state index contributed by atoms with van der Waals surface area (Å²) < 4.78 is 7.35. The quantitative estimate of drug-likeness (QED) is 0.632. The first-order valence-corrected chi connectivity index (χ1v) is 9.53. The highest BCUT2D eigenvalue weighted by Crippen LogP contribution is 2.17. The Kier molecular flexibility index (Phi) is 5.72. The van der Waals surface area contributed by atoms with Gasteiger partial charge in [-0.2, -0.15) is 0 Å². The molecule has 0 saturated carbocycles. The van der Waals surface area contributed by atoms with Crippen LogP contribution in [0.15, 0.2) is 60.9 Å². The van der Waals surface area contributed by atoms with Crippen LogP contribution in [-0.2, 0) is 22.5 Å². The fourth-order valence-corrected chi connectivity index (χ4v) is 3.43. The molecule has 2 heterocycles. The van der Waals surface area contributed by atoms with Crippen molar-refractivity contribution in [3.63, 3.8) is 0 Å². The largest absolute Gasteiger partial charge is 0.376 e. The van der Waals surface area contributed by atoms with Crippen LogP contribution in [0.2, 0.25) is 0 Å². The number of benzene rings is 2. The summed E-state index contributed by atoms with van der Waals surface area (Å²) in [7, 11) is 0. The minimum Gasteiger partial charge on any atom is -0.376 e. The summed E-state index contributed by atoms with van der Waals surface area (Å²) in [6.07, 6.45) is 4.11. The highest BCUT2D eigenvalue weighted by Gasteiger charge is 2.23. The maximum Gasteiger partial charge on any atom is 0.227 e. The monoisotopic (exact) mass is 377 g/mol. The summed E-state index contributed by atoms with van der Waals surface area (Å²) in [4.78, 5) is 15.0. The van der Waals surface area contributed by atoms with E-state index in [9.17, 15) is 4.79 Å². The van der Waals surface area contributed by atoms with Gasteiger partial charge in [0.05, 0.1) is 18.2 Å². The lowest BCUT2D eigenvalue weighted by Crippen LogP contribution is -2.37. The fourth-order valence-electron chi connectivity index (χ4n) is 3.43. The molecule has 1 atom stereocenters. The molecule has 3 aromatic rings. The van der Waals surface area contributed by atoms with Gasteiger partial charge in [-0.05, 0) is 46.5 Å². The predicted octanol–water partition coefficient (Wildman–Crippen LogP) is 2.41. The number of rotatable bonds is 7. The Bertz CT molecular complexity index is 875. The van der Waals surface area contributed by atoms with Crippen molar-refractivity contribution in [1.82, 2.24) is 25.1 Å². The second-order valence-corrected chi connectivity index (χ2v) is 6.99. The summed E-state index contributed by atoms with van der Waals surface area (Å²) >= 11 is 0. The van der Waals surface area contributed by atoms with Gasteiger partial charge in [0.15, 0.2) is 0 Å². The van der Waals surface area contributed by atoms with E-state index in [2.05, 4.69) is 27.7 Å². The zero-order chi connectivity index (χ0) is 19.2. The van der Waals surface area contributed by atoms with Gasteiger partial charge in [-0.1, -0.05) is 42.5 Å². The van der Waals surface area contributed by atoms with Crippen LogP contribution in [0.25, 0.3) is 5.69 Å². The Balaban J connectivity index is 1.44. The minimum absolute atomic E-state index is 0.106. The Morgan fingerprint density at radius 1 is 1.11 bits per heavy atom. The summed E-state index contributed by atoms with van der Waals surface area (Å²) in [6, 6.07) is 17.8. The molecule has 2 aromatic carbocycles. The maximum atomic E-state index is 13.1. The van der Waals surface area contributed by atoms with Crippen LogP contribution in [0.4, 0.5) is 0 Å². The normalized spacial score (nSPS) is 16.2. The van der Waals surface area contributed by atoms with E-state index >= 15 is 0 Å². The molecule has 1 aromatic heterocycles. The third-order valence-corrected chi connectivity index (χ3v) is 4.92. The molecule has 1 unspecified atom stereocenters. The van der Waals surface area contributed by atoms with Crippen LogP contribution in [0.5, 0.6) is 0 Å². The zero-order valence-electron chi connectivity index (χ0n) is 15.6. The number of carbonyl (C=O) groups excluding carboxylic acids is 1. The first kappa shape index (κ1) is 18.3. The van der Waals surface area contributed by atoms with Crippen molar-refractivity contribution in [2.24, 2.45) is 0 Å². The number of hydrogen-bond acceptors (Lipinski definition) is 5. The molecule has 1 fully saturated rings. The Labute approximate surface area is 163 Å². The molecule has 7 nitrogen and oxygen atoms in total. The molecule has 1 saturated heterocycles. The van der Waals surface area contributed by atoms with Crippen molar-refractivity contribution in [3.8, 4) is 5.69 Å². The lowest BCUT2D eigenvalue weighted by molar-refractivity contribution is -0.132. The highest BCUT2D eigenvalue weighted by molar-refractivity contribution is 5.79. The highest BCUT2D eigenvalue weighted by atomic mass is 16.5. The van der Waals surface area contributed by atoms with E-state index in [1.54, 1.807) is 11.0 Å². The van der Waals surface area contributed by atoms with Crippen molar-refractivity contribution in [2.75, 3.05) is 13.2 Å². The number of amides is 1. The molecule has 4 rings (SSSR count). The molecule has 0 bridgehead atoms. The fraction of sp³-hybridized carbons (Fsp3) is 0.333. The number of hydrogen-bond donors (Lipinski definition) is 0. The first-order chi connectivity index (χ1) is 13.8. The lowest BCUT2D eigenvalue weighted by Gasteiger charge is -2.26.